The van der Waals surface area contributed by atoms with E-state index in [9.17, 15) is 10.2 Å². The lowest BCUT2D eigenvalue weighted by Gasteiger charge is -2.19. The van der Waals surface area contributed by atoms with E-state index >= 15 is 0 Å². The largest absolute Gasteiger partial charge is 0.491 e. The fourth-order valence-electron chi connectivity index (χ4n) is 3.39. The van der Waals surface area contributed by atoms with Crippen LogP contribution in [0, 0.1) is 0 Å². The number of benzene rings is 3. The SMILES string of the molecule is OC[C@H](Cc1ccc(Oc2nc3ccccc3nc2Cl)cc1)NC[C@H](O)COc1ccccc1. The highest BCUT2D eigenvalue weighted by atomic mass is 35.5. The number of para-hydroxylation sites is 3. The molecule has 1 aromatic heterocycles. The summed E-state index contributed by atoms with van der Waals surface area (Å²) in [4.78, 5) is 8.75. The van der Waals surface area contributed by atoms with Crippen LogP contribution in [0.4, 0.5) is 0 Å². The smallest absolute Gasteiger partial charge is 0.258 e. The van der Waals surface area contributed by atoms with Crippen molar-refractivity contribution < 1.29 is 19.7 Å². The summed E-state index contributed by atoms with van der Waals surface area (Å²) in [5.41, 5.74) is 2.41. The van der Waals surface area contributed by atoms with Gasteiger partial charge >= 0.3 is 0 Å². The van der Waals surface area contributed by atoms with Gasteiger partial charge in [-0.05, 0) is 48.4 Å². The molecule has 176 valence electrons. The highest BCUT2D eigenvalue weighted by Gasteiger charge is 2.13. The molecule has 0 aliphatic rings. The first kappa shape index (κ1) is 23.9. The summed E-state index contributed by atoms with van der Waals surface area (Å²) in [5.74, 6) is 1.53. The minimum absolute atomic E-state index is 0.0627. The van der Waals surface area contributed by atoms with Crippen LogP contribution in [-0.2, 0) is 6.42 Å². The summed E-state index contributed by atoms with van der Waals surface area (Å²) in [6.07, 6.45) is -0.114. The Balaban J connectivity index is 1.28. The van der Waals surface area contributed by atoms with E-state index in [2.05, 4.69) is 15.3 Å². The number of nitrogens with zero attached hydrogens (tertiary/aromatic N) is 2. The molecule has 7 nitrogen and oxygen atoms in total. The molecule has 3 N–H and O–H groups in total. The summed E-state index contributed by atoms with van der Waals surface area (Å²) < 4.78 is 11.4. The maximum atomic E-state index is 10.2. The molecule has 8 heteroatoms. The van der Waals surface area contributed by atoms with Crippen molar-refractivity contribution in [3.63, 3.8) is 0 Å². The van der Waals surface area contributed by atoms with Crippen molar-refractivity contribution in [2.75, 3.05) is 19.8 Å². The van der Waals surface area contributed by atoms with E-state index in [4.69, 9.17) is 21.1 Å². The van der Waals surface area contributed by atoms with Gasteiger partial charge in [0.1, 0.15) is 24.2 Å². The molecule has 3 aromatic carbocycles. The third-order valence-electron chi connectivity index (χ3n) is 5.17. The van der Waals surface area contributed by atoms with Gasteiger partial charge in [-0.15, -0.1) is 0 Å². The number of aliphatic hydroxyl groups excluding tert-OH is 2. The normalized spacial score (nSPS) is 12.9. The van der Waals surface area contributed by atoms with E-state index in [-0.39, 0.29) is 30.3 Å². The fraction of sp³-hybridized carbons (Fsp3) is 0.231. The Labute approximate surface area is 203 Å². The first-order valence-corrected chi connectivity index (χ1v) is 11.4. The molecule has 0 aliphatic heterocycles. The number of nitrogens with one attached hydrogen (secondary N) is 1. The van der Waals surface area contributed by atoms with Gasteiger partial charge in [0.25, 0.3) is 5.88 Å². The molecule has 0 saturated carbocycles. The van der Waals surface area contributed by atoms with Crippen LogP contribution in [0.1, 0.15) is 5.56 Å². The van der Waals surface area contributed by atoms with Gasteiger partial charge in [0.15, 0.2) is 5.15 Å². The van der Waals surface area contributed by atoms with E-state index < -0.39 is 6.10 Å². The predicted molar refractivity (Wildman–Crippen MR) is 132 cm³/mol. The summed E-state index contributed by atoms with van der Waals surface area (Å²) >= 11 is 6.23. The number of hydrogen-bond donors (Lipinski definition) is 3. The predicted octanol–water partition coefficient (Wildman–Crippen LogP) is 4.01. The third-order valence-corrected chi connectivity index (χ3v) is 5.41. The average Bonchev–Trinajstić information content (AvgIpc) is 2.87. The molecule has 0 saturated heterocycles. The van der Waals surface area contributed by atoms with E-state index in [0.717, 1.165) is 5.56 Å². The number of ether oxygens (including phenoxy) is 2. The van der Waals surface area contributed by atoms with Crippen LogP contribution in [0.25, 0.3) is 11.0 Å². The molecule has 0 radical (unpaired) electrons. The number of aliphatic hydroxyl groups is 2. The molecular formula is C26H26ClN3O4. The Morgan fingerprint density at radius 1 is 0.853 bits per heavy atom. The van der Waals surface area contributed by atoms with Crippen LogP contribution < -0.4 is 14.8 Å². The minimum Gasteiger partial charge on any atom is -0.491 e. The van der Waals surface area contributed by atoms with E-state index in [0.29, 0.717) is 35.5 Å². The van der Waals surface area contributed by atoms with E-state index in [1.807, 2.05) is 78.9 Å². The molecule has 0 aliphatic carbocycles. The monoisotopic (exact) mass is 479 g/mol. The van der Waals surface area contributed by atoms with Crippen LogP contribution in [0.3, 0.4) is 0 Å². The van der Waals surface area contributed by atoms with Crippen molar-refractivity contribution in [2.45, 2.75) is 18.6 Å². The van der Waals surface area contributed by atoms with Crippen LogP contribution in [0.5, 0.6) is 17.4 Å². The number of rotatable bonds is 11. The quantitative estimate of drug-likeness (QED) is 0.299. The van der Waals surface area contributed by atoms with Gasteiger partial charge in [-0.1, -0.05) is 54.1 Å². The summed E-state index contributed by atoms with van der Waals surface area (Å²) in [6.45, 7) is 0.409. The number of fused-ring (bicyclic) bond motifs is 1. The topological polar surface area (TPSA) is 96.7 Å². The summed E-state index contributed by atoms with van der Waals surface area (Å²) in [5, 5.41) is 23.3. The average molecular weight is 480 g/mol. The lowest BCUT2D eigenvalue weighted by atomic mass is 10.1. The molecule has 34 heavy (non-hydrogen) atoms. The fourth-order valence-corrected chi connectivity index (χ4v) is 3.56. The van der Waals surface area contributed by atoms with Gasteiger partial charge in [0.05, 0.1) is 17.6 Å². The van der Waals surface area contributed by atoms with Crippen molar-refractivity contribution in [2.24, 2.45) is 0 Å². The lowest BCUT2D eigenvalue weighted by molar-refractivity contribution is 0.0997. The minimum atomic E-state index is -0.696. The molecular weight excluding hydrogens is 454 g/mol. The van der Waals surface area contributed by atoms with Crippen LogP contribution in [0.15, 0.2) is 78.9 Å². The molecule has 0 amide bonds. The second-order valence-electron chi connectivity index (χ2n) is 7.82. The van der Waals surface area contributed by atoms with Gasteiger partial charge in [-0.3, -0.25) is 0 Å². The van der Waals surface area contributed by atoms with Crippen molar-refractivity contribution in [1.29, 1.82) is 0 Å². The van der Waals surface area contributed by atoms with Gasteiger partial charge in [0.2, 0.25) is 0 Å². The van der Waals surface area contributed by atoms with Crippen molar-refractivity contribution >= 4 is 22.6 Å². The molecule has 4 rings (SSSR count). The van der Waals surface area contributed by atoms with Crippen LogP contribution >= 0.6 is 11.6 Å². The Morgan fingerprint density at radius 3 is 2.24 bits per heavy atom. The Bertz CT molecular complexity index is 1190. The molecule has 0 unspecified atom stereocenters. The number of hydrogen-bond acceptors (Lipinski definition) is 7. The van der Waals surface area contributed by atoms with Gasteiger partial charge in [0, 0.05) is 12.6 Å². The molecule has 0 bridgehead atoms. The summed E-state index contributed by atoms with van der Waals surface area (Å²) in [6, 6.07) is 24.0. The molecule has 1 heterocycles. The zero-order chi connectivity index (χ0) is 23.8. The van der Waals surface area contributed by atoms with Gasteiger partial charge in [-0.25, -0.2) is 9.97 Å². The van der Waals surface area contributed by atoms with Gasteiger partial charge < -0.3 is 25.0 Å². The summed E-state index contributed by atoms with van der Waals surface area (Å²) in [7, 11) is 0. The molecule has 0 fully saturated rings. The Hall–Kier alpha value is -3.23. The Kier molecular flexibility index (Phi) is 8.27. The van der Waals surface area contributed by atoms with Crippen molar-refractivity contribution in [1.82, 2.24) is 15.3 Å². The van der Waals surface area contributed by atoms with Gasteiger partial charge in [-0.2, -0.15) is 0 Å². The zero-order valence-corrected chi connectivity index (χ0v) is 19.2. The number of aromatic nitrogens is 2. The zero-order valence-electron chi connectivity index (χ0n) is 18.5. The molecule has 0 spiro atoms. The van der Waals surface area contributed by atoms with Crippen LogP contribution in [0.2, 0.25) is 5.15 Å². The first-order chi connectivity index (χ1) is 16.6. The van der Waals surface area contributed by atoms with Crippen molar-refractivity contribution in [3.05, 3.63) is 89.6 Å². The van der Waals surface area contributed by atoms with Crippen molar-refractivity contribution in [3.8, 4) is 17.4 Å². The maximum absolute atomic E-state index is 10.2. The second-order valence-corrected chi connectivity index (χ2v) is 8.18. The molecule has 4 aromatic rings. The first-order valence-electron chi connectivity index (χ1n) is 11.0. The standard InChI is InChI=1S/C26H26ClN3O4/c27-25-26(30-24-9-5-4-8-23(24)29-25)34-22-12-10-18(11-13-22)14-19(16-31)28-15-20(32)17-33-21-6-2-1-3-7-21/h1-13,19-20,28,31-32H,14-17H2/t19-,20-/m0/s1. The maximum Gasteiger partial charge on any atom is 0.258 e. The third kappa shape index (κ3) is 6.65. The van der Waals surface area contributed by atoms with Crippen LogP contribution in [-0.4, -0.2) is 52.1 Å². The van der Waals surface area contributed by atoms with E-state index in [1.54, 1.807) is 0 Å². The highest BCUT2D eigenvalue weighted by Crippen LogP contribution is 2.28. The second kappa shape index (κ2) is 11.8. The lowest BCUT2D eigenvalue weighted by Crippen LogP contribution is -2.41. The van der Waals surface area contributed by atoms with E-state index in [1.165, 1.54) is 0 Å². The number of halogens is 1. The highest BCUT2D eigenvalue weighted by molar-refractivity contribution is 6.31. The Morgan fingerprint density at radius 2 is 1.53 bits per heavy atom. The molecule has 2 atom stereocenters.